The summed E-state index contributed by atoms with van der Waals surface area (Å²) in [6.45, 7) is 1.25. The van der Waals surface area contributed by atoms with Crippen molar-refractivity contribution in [1.29, 1.82) is 0 Å². The molecule has 2 aliphatic rings. The van der Waals surface area contributed by atoms with Crippen LogP contribution in [0.4, 0.5) is 5.69 Å². The van der Waals surface area contributed by atoms with E-state index in [0.29, 0.717) is 54.4 Å². The molecule has 0 bridgehead atoms. The Labute approximate surface area is 179 Å². The van der Waals surface area contributed by atoms with Gasteiger partial charge in [-0.3, -0.25) is 14.7 Å². The van der Waals surface area contributed by atoms with Gasteiger partial charge in [-0.1, -0.05) is 30.3 Å². The largest absolute Gasteiger partial charge is 0.454 e. The van der Waals surface area contributed by atoms with Gasteiger partial charge in [-0.05, 0) is 25.0 Å². The highest BCUT2D eigenvalue weighted by Crippen LogP contribution is 2.34. The number of ether oxygens (including phenoxy) is 2. The SMILES string of the molecule is O=C(Nc1ccc2c(c1)OCO2)C1CCN(C(=O)c2cn[nH]c2-c2ccccc2)CC1. The number of aromatic amines is 1. The molecule has 2 N–H and O–H groups in total. The Morgan fingerprint density at radius 3 is 2.61 bits per heavy atom. The number of amides is 2. The summed E-state index contributed by atoms with van der Waals surface area (Å²) in [6, 6.07) is 15.0. The molecular weight excluding hydrogens is 396 g/mol. The topological polar surface area (TPSA) is 96.6 Å². The highest BCUT2D eigenvalue weighted by Gasteiger charge is 2.29. The summed E-state index contributed by atoms with van der Waals surface area (Å²) in [5, 5.41) is 9.96. The van der Waals surface area contributed by atoms with E-state index >= 15 is 0 Å². The van der Waals surface area contributed by atoms with Crippen LogP contribution < -0.4 is 14.8 Å². The number of nitrogens with zero attached hydrogens (tertiary/aromatic N) is 2. The minimum atomic E-state index is -0.146. The Balaban J connectivity index is 1.20. The molecule has 0 unspecified atom stereocenters. The van der Waals surface area contributed by atoms with Crippen LogP contribution in [-0.4, -0.2) is 46.8 Å². The van der Waals surface area contributed by atoms with Gasteiger partial charge >= 0.3 is 0 Å². The Kier molecular flexibility index (Phi) is 5.03. The first-order valence-corrected chi connectivity index (χ1v) is 10.3. The Morgan fingerprint density at radius 1 is 1.03 bits per heavy atom. The first-order chi connectivity index (χ1) is 15.2. The second-order valence-corrected chi connectivity index (χ2v) is 7.65. The van der Waals surface area contributed by atoms with Crippen molar-refractivity contribution in [3.8, 4) is 22.8 Å². The van der Waals surface area contributed by atoms with Crippen molar-refractivity contribution >= 4 is 17.5 Å². The molecule has 5 rings (SSSR count). The molecule has 3 heterocycles. The number of piperidine rings is 1. The third kappa shape index (κ3) is 3.84. The zero-order valence-corrected chi connectivity index (χ0v) is 16.8. The maximum atomic E-state index is 13.1. The monoisotopic (exact) mass is 418 g/mol. The second-order valence-electron chi connectivity index (χ2n) is 7.65. The van der Waals surface area contributed by atoms with Crippen LogP contribution in [0.1, 0.15) is 23.2 Å². The third-order valence-electron chi connectivity index (χ3n) is 5.73. The number of hydrogen-bond acceptors (Lipinski definition) is 5. The molecule has 31 heavy (non-hydrogen) atoms. The molecule has 2 aliphatic heterocycles. The van der Waals surface area contributed by atoms with E-state index in [2.05, 4.69) is 15.5 Å². The summed E-state index contributed by atoms with van der Waals surface area (Å²) in [6.07, 6.45) is 2.80. The molecule has 1 aromatic heterocycles. The number of fused-ring (bicyclic) bond motifs is 1. The van der Waals surface area contributed by atoms with Crippen LogP contribution in [0.25, 0.3) is 11.3 Å². The molecule has 3 aromatic rings. The highest BCUT2D eigenvalue weighted by molar-refractivity contribution is 6.00. The van der Waals surface area contributed by atoms with Crippen molar-refractivity contribution in [2.24, 2.45) is 5.92 Å². The smallest absolute Gasteiger partial charge is 0.257 e. The highest BCUT2D eigenvalue weighted by atomic mass is 16.7. The number of hydrogen-bond donors (Lipinski definition) is 2. The zero-order valence-electron chi connectivity index (χ0n) is 16.8. The number of benzene rings is 2. The lowest BCUT2D eigenvalue weighted by Gasteiger charge is -2.31. The zero-order chi connectivity index (χ0) is 21.2. The average molecular weight is 418 g/mol. The van der Waals surface area contributed by atoms with Gasteiger partial charge in [0.05, 0.1) is 17.5 Å². The molecule has 2 aromatic carbocycles. The van der Waals surface area contributed by atoms with Crippen molar-refractivity contribution in [2.45, 2.75) is 12.8 Å². The number of nitrogens with one attached hydrogen (secondary N) is 2. The fraction of sp³-hybridized carbons (Fsp3) is 0.261. The molecule has 0 aliphatic carbocycles. The van der Waals surface area contributed by atoms with Crippen LogP contribution in [0.3, 0.4) is 0 Å². The van der Waals surface area contributed by atoms with Gasteiger partial charge in [-0.25, -0.2) is 0 Å². The van der Waals surface area contributed by atoms with E-state index in [1.807, 2.05) is 30.3 Å². The van der Waals surface area contributed by atoms with Crippen LogP contribution in [0.15, 0.2) is 54.7 Å². The number of carbonyl (C=O) groups is 2. The molecule has 2 amide bonds. The van der Waals surface area contributed by atoms with Gasteiger partial charge in [0.1, 0.15) is 0 Å². The molecule has 0 spiro atoms. The fourth-order valence-corrected chi connectivity index (χ4v) is 4.01. The minimum absolute atomic E-state index is 0.0424. The van der Waals surface area contributed by atoms with Crippen LogP contribution in [-0.2, 0) is 4.79 Å². The van der Waals surface area contributed by atoms with E-state index in [9.17, 15) is 9.59 Å². The maximum absolute atomic E-state index is 13.1. The second kappa shape index (κ2) is 8.14. The fourth-order valence-electron chi connectivity index (χ4n) is 4.01. The molecule has 1 fully saturated rings. The molecule has 0 radical (unpaired) electrons. The third-order valence-corrected chi connectivity index (χ3v) is 5.73. The summed E-state index contributed by atoms with van der Waals surface area (Å²) in [7, 11) is 0. The number of H-pyrrole nitrogens is 1. The molecule has 0 saturated carbocycles. The first-order valence-electron chi connectivity index (χ1n) is 10.3. The Morgan fingerprint density at radius 2 is 1.81 bits per heavy atom. The summed E-state index contributed by atoms with van der Waals surface area (Å²) in [4.78, 5) is 27.6. The lowest BCUT2D eigenvalue weighted by molar-refractivity contribution is -0.121. The van der Waals surface area contributed by atoms with E-state index in [4.69, 9.17) is 9.47 Å². The van der Waals surface area contributed by atoms with Crippen LogP contribution >= 0.6 is 0 Å². The summed E-state index contributed by atoms with van der Waals surface area (Å²) in [5.74, 6) is 1.06. The quantitative estimate of drug-likeness (QED) is 0.678. The Hall–Kier alpha value is -3.81. The van der Waals surface area contributed by atoms with Gasteiger partial charge in [0.2, 0.25) is 12.7 Å². The van der Waals surface area contributed by atoms with E-state index < -0.39 is 0 Å². The summed E-state index contributed by atoms with van der Waals surface area (Å²) in [5.41, 5.74) is 2.86. The average Bonchev–Trinajstić information content (AvgIpc) is 3.48. The van der Waals surface area contributed by atoms with Crippen molar-refractivity contribution < 1.29 is 19.1 Å². The maximum Gasteiger partial charge on any atom is 0.257 e. The van der Waals surface area contributed by atoms with E-state index in [1.54, 1.807) is 29.3 Å². The summed E-state index contributed by atoms with van der Waals surface area (Å²) < 4.78 is 10.7. The van der Waals surface area contributed by atoms with Crippen molar-refractivity contribution in [3.05, 3.63) is 60.3 Å². The van der Waals surface area contributed by atoms with Gasteiger partial charge in [0.25, 0.3) is 5.91 Å². The van der Waals surface area contributed by atoms with Gasteiger partial charge in [0.15, 0.2) is 11.5 Å². The molecule has 8 heteroatoms. The predicted molar refractivity (Wildman–Crippen MR) is 114 cm³/mol. The van der Waals surface area contributed by atoms with Gasteiger partial charge < -0.3 is 19.7 Å². The first kappa shape index (κ1) is 19.2. The Bertz CT molecular complexity index is 1100. The van der Waals surface area contributed by atoms with Crippen molar-refractivity contribution in [2.75, 3.05) is 25.2 Å². The lowest BCUT2D eigenvalue weighted by Crippen LogP contribution is -2.41. The molecular formula is C23H22N4O4. The molecule has 1 saturated heterocycles. The summed E-state index contributed by atoms with van der Waals surface area (Å²) >= 11 is 0. The number of aromatic nitrogens is 2. The van der Waals surface area contributed by atoms with Crippen LogP contribution in [0.2, 0.25) is 0 Å². The minimum Gasteiger partial charge on any atom is -0.454 e. The van der Waals surface area contributed by atoms with E-state index in [-0.39, 0.29) is 24.5 Å². The van der Waals surface area contributed by atoms with Crippen LogP contribution in [0, 0.1) is 5.92 Å². The van der Waals surface area contributed by atoms with Crippen LogP contribution in [0.5, 0.6) is 11.5 Å². The molecule has 158 valence electrons. The number of carbonyl (C=O) groups excluding carboxylic acids is 2. The number of anilines is 1. The van der Waals surface area contributed by atoms with Gasteiger partial charge in [0, 0.05) is 36.3 Å². The molecule has 8 nitrogen and oxygen atoms in total. The predicted octanol–water partition coefficient (Wildman–Crippen LogP) is 3.30. The van der Waals surface area contributed by atoms with Gasteiger partial charge in [-0.15, -0.1) is 0 Å². The van der Waals surface area contributed by atoms with Crippen molar-refractivity contribution in [3.63, 3.8) is 0 Å². The number of likely N-dealkylation sites (tertiary alicyclic amines) is 1. The number of rotatable bonds is 4. The van der Waals surface area contributed by atoms with E-state index in [0.717, 1.165) is 5.56 Å². The normalized spacial score (nSPS) is 15.7. The lowest BCUT2D eigenvalue weighted by atomic mass is 9.95. The van der Waals surface area contributed by atoms with Gasteiger partial charge in [-0.2, -0.15) is 5.10 Å². The standard InChI is InChI=1S/C23H22N4O4/c28-22(25-17-6-7-19-20(12-17)31-14-30-19)16-8-10-27(11-9-16)23(29)18-13-24-26-21(18)15-4-2-1-3-5-15/h1-7,12-13,16H,8-11,14H2,(H,24,26)(H,25,28). The molecule has 0 atom stereocenters. The van der Waals surface area contributed by atoms with Crippen molar-refractivity contribution in [1.82, 2.24) is 15.1 Å². The van der Waals surface area contributed by atoms with E-state index in [1.165, 1.54) is 0 Å².